The van der Waals surface area contributed by atoms with Gasteiger partial charge in [-0.2, -0.15) is 0 Å². The van der Waals surface area contributed by atoms with Gasteiger partial charge in [0.15, 0.2) is 0 Å². The average molecular weight is 201 g/mol. The highest BCUT2D eigenvalue weighted by molar-refractivity contribution is 5.77. The summed E-state index contributed by atoms with van der Waals surface area (Å²) < 4.78 is 5.26. The molecule has 1 rings (SSSR count). The van der Waals surface area contributed by atoms with Gasteiger partial charge < -0.3 is 15.2 Å². The van der Waals surface area contributed by atoms with Crippen LogP contribution in [0, 0.1) is 5.92 Å². The Kier molecular flexibility index (Phi) is 3.50. The van der Waals surface area contributed by atoms with Crippen LogP contribution in [0.4, 0.5) is 0 Å². The zero-order valence-electron chi connectivity index (χ0n) is 9.04. The lowest BCUT2D eigenvalue weighted by molar-refractivity contribution is -0.125. The molecule has 0 aromatic carbocycles. The fraction of sp³-hybridized carbons (Fsp3) is 0.900. The second-order valence-corrected chi connectivity index (χ2v) is 4.24. The number of hydrogen-bond donors (Lipinski definition) is 2. The Morgan fingerprint density at radius 3 is 2.79 bits per heavy atom. The molecule has 1 amide bonds. The molecule has 0 bridgehead atoms. The monoisotopic (exact) mass is 201 g/mol. The Labute approximate surface area is 84.6 Å². The SMILES string of the molecule is CC(C)C(=O)NCC1(O)CCOC1C. The fourth-order valence-electron chi connectivity index (χ4n) is 1.45. The number of aliphatic hydroxyl groups is 1. The van der Waals surface area contributed by atoms with E-state index in [1.54, 1.807) is 0 Å². The van der Waals surface area contributed by atoms with E-state index in [2.05, 4.69) is 5.32 Å². The molecule has 1 heterocycles. The van der Waals surface area contributed by atoms with Crippen LogP contribution in [-0.4, -0.2) is 35.9 Å². The zero-order chi connectivity index (χ0) is 10.8. The molecule has 1 fully saturated rings. The first kappa shape index (κ1) is 11.5. The Morgan fingerprint density at radius 1 is 1.71 bits per heavy atom. The molecule has 14 heavy (non-hydrogen) atoms. The molecule has 4 heteroatoms. The molecule has 82 valence electrons. The van der Waals surface area contributed by atoms with Crippen molar-refractivity contribution in [1.29, 1.82) is 0 Å². The minimum Gasteiger partial charge on any atom is -0.385 e. The maximum atomic E-state index is 11.3. The van der Waals surface area contributed by atoms with Crippen molar-refractivity contribution in [3.05, 3.63) is 0 Å². The number of rotatable bonds is 3. The molecule has 2 N–H and O–H groups in total. The molecule has 1 aliphatic heterocycles. The molecule has 4 nitrogen and oxygen atoms in total. The summed E-state index contributed by atoms with van der Waals surface area (Å²) >= 11 is 0. The predicted molar refractivity (Wildman–Crippen MR) is 52.8 cm³/mol. The largest absolute Gasteiger partial charge is 0.385 e. The molecule has 0 saturated carbocycles. The Morgan fingerprint density at radius 2 is 2.36 bits per heavy atom. The number of carbonyl (C=O) groups is 1. The molecule has 0 aliphatic carbocycles. The van der Waals surface area contributed by atoms with Crippen molar-refractivity contribution < 1.29 is 14.6 Å². The van der Waals surface area contributed by atoms with Crippen molar-refractivity contribution >= 4 is 5.91 Å². The summed E-state index contributed by atoms with van der Waals surface area (Å²) in [6, 6.07) is 0. The molecular weight excluding hydrogens is 182 g/mol. The Balaban J connectivity index is 2.40. The van der Waals surface area contributed by atoms with Crippen molar-refractivity contribution in [2.45, 2.75) is 38.9 Å². The van der Waals surface area contributed by atoms with Crippen molar-refractivity contribution in [3.8, 4) is 0 Å². The number of hydrogen-bond acceptors (Lipinski definition) is 3. The van der Waals surface area contributed by atoms with Crippen molar-refractivity contribution in [1.82, 2.24) is 5.32 Å². The normalized spacial score (nSPS) is 32.2. The topological polar surface area (TPSA) is 58.6 Å². The summed E-state index contributed by atoms with van der Waals surface area (Å²) in [4.78, 5) is 11.3. The van der Waals surface area contributed by atoms with Crippen LogP contribution >= 0.6 is 0 Å². The number of ether oxygens (including phenoxy) is 1. The van der Waals surface area contributed by atoms with Gasteiger partial charge in [0.1, 0.15) is 5.60 Å². The van der Waals surface area contributed by atoms with E-state index in [-0.39, 0.29) is 24.5 Å². The molecule has 2 atom stereocenters. The first-order valence-electron chi connectivity index (χ1n) is 5.07. The number of amides is 1. The van der Waals surface area contributed by atoms with Crippen LogP contribution < -0.4 is 5.32 Å². The van der Waals surface area contributed by atoms with Crippen LogP contribution in [0.2, 0.25) is 0 Å². The smallest absolute Gasteiger partial charge is 0.222 e. The lowest BCUT2D eigenvalue weighted by Crippen LogP contribution is -2.48. The molecule has 0 aromatic heterocycles. The van der Waals surface area contributed by atoms with E-state index in [0.717, 1.165) is 0 Å². The average Bonchev–Trinajstić information content (AvgIpc) is 2.44. The highest BCUT2D eigenvalue weighted by atomic mass is 16.5. The van der Waals surface area contributed by atoms with Crippen molar-refractivity contribution in [2.75, 3.05) is 13.2 Å². The van der Waals surface area contributed by atoms with E-state index in [9.17, 15) is 9.90 Å². The summed E-state index contributed by atoms with van der Waals surface area (Å²) in [5.41, 5.74) is -0.884. The molecule has 1 aliphatic rings. The minimum absolute atomic E-state index is 0.0301. The number of nitrogens with one attached hydrogen (secondary N) is 1. The molecule has 1 saturated heterocycles. The molecule has 0 radical (unpaired) electrons. The van der Waals surface area contributed by atoms with Gasteiger partial charge in [0.2, 0.25) is 5.91 Å². The molecular formula is C10H19NO3. The van der Waals surface area contributed by atoms with Gasteiger partial charge in [-0.05, 0) is 6.92 Å². The van der Waals surface area contributed by atoms with Crippen LogP contribution in [0.15, 0.2) is 0 Å². The minimum atomic E-state index is -0.884. The third-order valence-corrected chi connectivity index (χ3v) is 2.75. The standard InChI is InChI=1S/C10H19NO3/c1-7(2)9(12)11-6-10(13)4-5-14-8(10)3/h7-8,13H,4-6H2,1-3H3,(H,11,12). The van der Waals surface area contributed by atoms with Crippen LogP contribution in [-0.2, 0) is 9.53 Å². The third-order valence-electron chi connectivity index (χ3n) is 2.75. The Hall–Kier alpha value is -0.610. The summed E-state index contributed by atoms with van der Waals surface area (Å²) in [6.45, 7) is 6.33. The van der Waals surface area contributed by atoms with E-state index in [1.165, 1.54) is 0 Å². The fourth-order valence-corrected chi connectivity index (χ4v) is 1.45. The second-order valence-electron chi connectivity index (χ2n) is 4.24. The third kappa shape index (κ3) is 2.45. The number of carbonyl (C=O) groups excluding carboxylic acids is 1. The highest BCUT2D eigenvalue weighted by Gasteiger charge is 2.39. The van der Waals surface area contributed by atoms with Crippen molar-refractivity contribution in [2.24, 2.45) is 5.92 Å². The Bertz CT molecular complexity index is 217. The van der Waals surface area contributed by atoms with Gasteiger partial charge in [0, 0.05) is 25.5 Å². The van der Waals surface area contributed by atoms with Gasteiger partial charge in [0.25, 0.3) is 0 Å². The summed E-state index contributed by atoms with van der Waals surface area (Å²) in [5, 5.41) is 12.8. The van der Waals surface area contributed by atoms with Gasteiger partial charge >= 0.3 is 0 Å². The van der Waals surface area contributed by atoms with E-state index >= 15 is 0 Å². The maximum absolute atomic E-state index is 11.3. The van der Waals surface area contributed by atoms with E-state index in [1.807, 2.05) is 20.8 Å². The summed E-state index contributed by atoms with van der Waals surface area (Å²) in [5.74, 6) is -0.0752. The van der Waals surface area contributed by atoms with Crippen LogP contribution in [0.1, 0.15) is 27.2 Å². The summed E-state index contributed by atoms with van der Waals surface area (Å²) in [7, 11) is 0. The van der Waals surface area contributed by atoms with Crippen LogP contribution in [0.3, 0.4) is 0 Å². The lowest BCUT2D eigenvalue weighted by atomic mass is 9.96. The first-order chi connectivity index (χ1) is 6.46. The van der Waals surface area contributed by atoms with Gasteiger partial charge in [0.05, 0.1) is 6.10 Å². The lowest BCUT2D eigenvalue weighted by Gasteiger charge is -2.26. The highest BCUT2D eigenvalue weighted by Crippen LogP contribution is 2.24. The van der Waals surface area contributed by atoms with Gasteiger partial charge in [-0.1, -0.05) is 13.8 Å². The van der Waals surface area contributed by atoms with E-state index in [0.29, 0.717) is 13.0 Å². The molecule has 0 spiro atoms. The second kappa shape index (κ2) is 4.28. The van der Waals surface area contributed by atoms with Gasteiger partial charge in [-0.15, -0.1) is 0 Å². The van der Waals surface area contributed by atoms with Crippen molar-refractivity contribution in [3.63, 3.8) is 0 Å². The zero-order valence-corrected chi connectivity index (χ0v) is 9.04. The van der Waals surface area contributed by atoms with Gasteiger partial charge in [-0.3, -0.25) is 4.79 Å². The first-order valence-corrected chi connectivity index (χ1v) is 5.07. The summed E-state index contributed by atoms with van der Waals surface area (Å²) in [6.07, 6.45) is 0.391. The maximum Gasteiger partial charge on any atom is 0.222 e. The molecule has 0 aromatic rings. The van der Waals surface area contributed by atoms with E-state index in [4.69, 9.17) is 4.74 Å². The van der Waals surface area contributed by atoms with Crippen LogP contribution in [0.5, 0.6) is 0 Å². The van der Waals surface area contributed by atoms with E-state index < -0.39 is 5.60 Å². The van der Waals surface area contributed by atoms with Crippen LogP contribution in [0.25, 0.3) is 0 Å². The van der Waals surface area contributed by atoms with Gasteiger partial charge in [-0.25, -0.2) is 0 Å². The predicted octanol–water partition coefficient (Wildman–Crippen LogP) is 0.298. The molecule has 2 unspecified atom stereocenters. The quantitative estimate of drug-likeness (QED) is 0.690.